The first kappa shape index (κ1) is 18.2. The van der Waals surface area contributed by atoms with Gasteiger partial charge in [0, 0.05) is 37.9 Å². The van der Waals surface area contributed by atoms with E-state index in [1.54, 1.807) is 0 Å². The molecule has 6 heteroatoms. The Kier molecular flexibility index (Phi) is 5.10. The quantitative estimate of drug-likeness (QED) is 0.665. The van der Waals surface area contributed by atoms with Gasteiger partial charge in [-0.1, -0.05) is 12.1 Å². The van der Waals surface area contributed by atoms with Gasteiger partial charge in [-0.25, -0.2) is 4.98 Å². The van der Waals surface area contributed by atoms with E-state index in [1.807, 2.05) is 31.4 Å². The van der Waals surface area contributed by atoms with Gasteiger partial charge in [0.15, 0.2) is 11.5 Å². The molecule has 0 bridgehead atoms. The molecule has 1 N–H and O–H groups in total. The van der Waals surface area contributed by atoms with Crippen molar-refractivity contribution in [1.82, 2.24) is 9.55 Å². The third kappa shape index (κ3) is 3.50. The third-order valence-corrected chi connectivity index (χ3v) is 5.17. The standard InChI is InChI=1S/C22H26N4O2/c1-4-26(5-2)18-9-6-16(7-10-18)13-23-22-24-14-19(25(22)3)17-8-11-20-21(12-17)28-15-27-20/h6-12,14H,4-5,13,15H2,1-3H3,(H,23,24). The molecule has 4 rings (SSSR count). The molecule has 28 heavy (non-hydrogen) atoms. The van der Waals surface area contributed by atoms with E-state index < -0.39 is 0 Å². The van der Waals surface area contributed by atoms with Crippen LogP contribution in [0.25, 0.3) is 11.3 Å². The Labute approximate surface area is 165 Å². The number of hydrogen-bond acceptors (Lipinski definition) is 5. The van der Waals surface area contributed by atoms with Gasteiger partial charge in [0.05, 0.1) is 11.9 Å². The van der Waals surface area contributed by atoms with Gasteiger partial charge in [-0.3, -0.25) is 0 Å². The van der Waals surface area contributed by atoms with Crippen LogP contribution < -0.4 is 19.7 Å². The zero-order valence-electron chi connectivity index (χ0n) is 16.6. The van der Waals surface area contributed by atoms with Crippen molar-refractivity contribution in [3.63, 3.8) is 0 Å². The number of ether oxygens (including phenoxy) is 2. The molecule has 1 aromatic heterocycles. The molecule has 0 amide bonds. The molecular formula is C22H26N4O2. The van der Waals surface area contributed by atoms with Crippen molar-refractivity contribution in [1.29, 1.82) is 0 Å². The SMILES string of the molecule is CCN(CC)c1ccc(CNc2ncc(-c3ccc4c(c3)OCO4)n2C)cc1. The first-order valence-corrected chi connectivity index (χ1v) is 9.69. The summed E-state index contributed by atoms with van der Waals surface area (Å²) in [5.41, 5.74) is 4.56. The van der Waals surface area contributed by atoms with E-state index in [0.717, 1.165) is 48.3 Å². The first-order chi connectivity index (χ1) is 13.7. The van der Waals surface area contributed by atoms with Crippen LogP contribution in [0.1, 0.15) is 19.4 Å². The largest absolute Gasteiger partial charge is 0.454 e. The maximum Gasteiger partial charge on any atom is 0.231 e. The van der Waals surface area contributed by atoms with Crippen LogP contribution in [0.15, 0.2) is 48.7 Å². The average Bonchev–Trinajstić information content (AvgIpc) is 3.34. The fourth-order valence-corrected chi connectivity index (χ4v) is 3.49. The highest BCUT2D eigenvalue weighted by atomic mass is 16.7. The minimum absolute atomic E-state index is 0.282. The maximum absolute atomic E-state index is 5.48. The predicted octanol–water partition coefficient (Wildman–Crippen LogP) is 4.27. The predicted molar refractivity (Wildman–Crippen MR) is 112 cm³/mol. The first-order valence-electron chi connectivity index (χ1n) is 9.69. The molecule has 0 spiro atoms. The smallest absolute Gasteiger partial charge is 0.231 e. The minimum atomic E-state index is 0.282. The fourth-order valence-electron chi connectivity index (χ4n) is 3.49. The Balaban J connectivity index is 1.45. The highest BCUT2D eigenvalue weighted by Gasteiger charge is 2.16. The third-order valence-electron chi connectivity index (χ3n) is 5.17. The van der Waals surface area contributed by atoms with Crippen LogP contribution in [0, 0.1) is 0 Å². The number of anilines is 2. The Morgan fingerprint density at radius 2 is 1.79 bits per heavy atom. The summed E-state index contributed by atoms with van der Waals surface area (Å²) in [7, 11) is 2.01. The van der Waals surface area contributed by atoms with E-state index in [0.29, 0.717) is 0 Å². The molecule has 2 aromatic carbocycles. The van der Waals surface area contributed by atoms with Gasteiger partial charge in [-0.15, -0.1) is 0 Å². The number of rotatable bonds is 7. The fraction of sp³-hybridized carbons (Fsp3) is 0.318. The van der Waals surface area contributed by atoms with Crippen molar-refractivity contribution in [2.45, 2.75) is 20.4 Å². The Morgan fingerprint density at radius 1 is 1.04 bits per heavy atom. The van der Waals surface area contributed by atoms with E-state index in [9.17, 15) is 0 Å². The number of nitrogens with one attached hydrogen (secondary N) is 1. The van der Waals surface area contributed by atoms with Crippen LogP contribution in [0.3, 0.4) is 0 Å². The van der Waals surface area contributed by atoms with Gasteiger partial charge in [0.1, 0.15) is 0 Å². The minimum Gasteiger partial charge on any atom is -0.454 e. The number of benzene rings is 2. The van der Waals surface area contributed by atoms with E-state index >= 15 is 0 Å². The van der Waals surface area contributed by atoms with Crippen LogP contribution in [-0.2, 0) is 13.6 Å². The molecule has 0 saturated heterocycles. The van der Waals surface area contributed by atoms with Gasteiger partial charge in [-0.05, 0) is 49.7 Å². The lowest BCUT2D eigenvalue weighted by Crippen LogP contribution is -2.21. The van der Waals surface area contributed by atoms with E-state index in [1.165, 1.54) is 11.3 Å². The Morgan fingerprint density at radius 3 is 2.54 bits per heavy atom. The summed E-state index contributed by atoms with van der Waals surface area (Å²) < 4.78 is 12.9. The second kappa shape index (κ2) is 7.84. The molecule has 146 valence electrons. The van der Waals surface area contributed by atoms with Gasteiger partial charge in [0.25, 0.3) is 0 Å². The van der Waals surface area contributed by atoms with Gasteiger partial charge in [-0.2, -0.15) is 0 Å². The topological polar surface area (TPSA) is 51.6 Å². The number of nitrogens with zero attached hydrogens (tertiary/aromatic N) is 3. The molecule has 0 unspecified atom stereocenters. The van der Waals surface area contributed by atoms with Crippen LogP contribution in [-0.4, -0.2) is 29.4 Å². The highest BCUT2D eigenvalue weighted by Crippen LogP contribution is 2.36. The lowest BCUT2D eigenvalue weighted by Gasteiger charge is -2.21. The van der Waals surface area contributed by atoms with E-state index in [-0.39, 0.29) is 6.79 Å². The molecule has 3 aromatic rings. The van der Waals surface area contributed by atoms with Crippen LogP contribution in [0.2, 0.25) is 0 Å². The zero-order chi connectivity index (χ0) is 19.5. The van der Waals surface area contributed by atoms with Crippen LogP contribution in [0.4, 0.5) is 11.6 Å². The van der Waals surface area contributed by atoms with Crippen LogP contribution >= 0.6 is 0 Å². The molecule has 0 atom stereocenters. The Hall–Kier alpha value is -3.15. The number of hydrogen-bond donors (Lipinski definition) is 1. The van der Waals surface area contributed by atoms with Gasteiger partial charge >= 0.3 is 0 Å². The molecular weight excluding hydrogens is 352 g/mol. The lowest BCUT2D eigenvalue weighted by atomic mass is 10.1. The van der Waals surface area contributed by atoms with Crippen molar-refractivity contribution < 1.29 is 9.47 Å². The molecule has 0 radical (unpaired) electrons. The van der Waals surface area contributed by atoms with Crippen molar-refractivity contribution in [3.05, 3.63) is 54.2 Å². The normalized spacial score (nSPS) is 12.2. The highest BCUT2D eigenvalue weighted by molar-refractivity contribution is 5.66. The summed E-state index contributed by atoms with van der Waals surface area (Å²) in [5.74, 6) is 2.40. The summed E-state index contributed by atoms with van der Waals surface area (Å²) >= 11 is 0. The molecule has 0 fully saturated rings. The van der Waals surface area contributed by atoms with Crippen molar-refractivity contribution in [2.24, 2.45) is 7.05 Å². The Bertz CT molecular complexity index is 946. The summed E-state index contributed by atoms with van der Waals surface area (Å²) in [5, 5.41) is 3.43. The lowest BCUT2D eigenvalue weighted by molar-refractivity contribution is 0.174. The molecule has 1 aliphatic rings. The second-order valence-corrected chi connectivity index (χ2v) is 6.79. The second-order valence-electron chi connectivity index (χ2n) is 6.79. The number of fused-ring (bicyclic) bond motifs is 1. The van der Waals surface area contributed by atoms with Gasteiger partial charge < -0.3 is 24.3 Å². The summed E-state index contributed by atoms with van der Waals surface area (Å²) in [6, 6.07) is 14.7. The average molecular weight is 378 g/mol. The van der Waals surface area contributed by atoms with Gasteiger partial charge in [0.2, 0.25) is 12.7 Å². The number of imidazole rings is 1. The molecule has 0 saturated carbocycles. The molecule has 6 nitrogen and oxygen atoms in total. The maximum atomic E-state index is 5.48. The molecule has 2 heterocycles. The van der Waals surface area contributed by atoms with E-state index in [2.05, 4.69) is 57.9 Å². The van der Waals surface area contributed by atoms with Crippen molar-refractivity contribution in [3.8, 4) is 22.8 Å². The molecule has 1 aliphatic heterocycles. The van der Waals surface area contributed by atoms with Crippen molar-refractivity contribution >= 4 is 11.6 Å². The van der Waals surface area contributed by atoms with Crippen LogP contribution in [0.5, 0.6) is 11.5 Å². The molecule has 0 aliphatic carbocycles. The van der Waals surface area contributed by atoms with E-state index in [4.69, 9.17) is 9.47 Å². The van der Waals surface area contributed by atoms with Crippen molar-refractivity contribution in [2.75, 3.05) is 30.1 Å². The summed E-state index contributed by atoms with van der Waals surface area (Å²) in [6.45, 7) is 7.40. The summed E-state index contributed by atoms with van der Waals surface area (Å²) in [6.07, 6.45) is 1.88. The number of aromatic nitrogens is 2. The monoisotopic (exact) mass is 378 g/mol. The zero-order valence-corrected chi connectivity index (χ0v) is 16.6. The summed E-state index contributed by atoms with van der Waals surface area (Å²) in [4.78, 5) is 6.89.